The lowest BCUT2D eigenvalue weighted by molar-refractivity contribution is -0.131. The van der Waals surface area contributed by atoms with Crippen LogP contribution in [0.2, 0.25) is 0 Å². The third kappa shape index (κ3) is 5.92. The van der Waals surface area contributed by atoms with Crippen molar-refractivity contribution < 1.29 is 9.21 Å². The molecule has 0 aliphatic carbocycles. The Bertz CT molecular complexity index is 418. The van der Waals surface area contributed by atoms with Gasteiger partial charge in [0.1, 0.15) is 11.5 Å². The minimum atomic E-state index is -0.0895. The third-order valence-electron chi connectivity index (χ3n) is 2.93. The van der Waals surface area contributed by atoms with Gasteiger partial charge in [0.15, 0.2) is 0 Å². The highest BCUT2D eigenvalue weighted by atomic mass is 16.3. The highest BCUT2D eigenvalue weighted by Gasteiger charge is 2.20. The van der Waals surface area contributed by atoms with Gasteiger partial charge in [-0.05, 0) is 30.9 Å². The molecule has 4 nitrogen and oxygen atoms in total. The standard InChI is InChI=1S/C15H26N2O2/c1-11-6-7-13(19-11)10-17(5)14(18)8-12(16)9-15(2,3)4/h6-7,12H,8-10,16H2,1-5H3. The van der Waals surface area contributed by atoms with Crippen LogP contribution in [-0.4, -0.2) is 23.9 Å². The average Bonchev–Trinajstić information content (AvgIpc) is 2.60. The number of nitrogens with zero attached hydrogens (tertiary/aromatic N) is 1. The Balaban J connectivity index is 2.44. The number of carbonyl (C=O) groups excluding carboxylic acids is 1. The van der Waals surface area contributed by atoms with Gasteiger partial charge in [0, 0.05) is 19.5 Å². The van der Waals surface area contributed by atoms with E-state index in [-0.39, 0.29) is 17.4 Å². The molecule has 0 fully saturated rings. The first-order valence-corrected chi connectivity index (χ1v) is 6.72. The van der Waals surface area contributed by atoms with E-state index in [0.29, 0.717) is 13.0 Å². The van der Waals surface area contributed by atoms with E-state index in [2.05, 4.69) is 20.8 Å². The van der Waals surface area contributed by atoms with Crippen molar-refractivity contribution in [2.24, 2.45) is 11.1 Å². The highest BCUT2D eigenvalue weighted by molar-refractivity contribution is 5.76. The zero-order chi connectivity index (χ0) is 14.6. The van der Waals surface area contributed by atoms with Crippen molar-refractivity contribution in [2.45, 2.75) is 53.1 Å². The highest BCUT2D eigenvalue weighted by Crippen LogP contribution is 2.21. The molecule has 0 spiro atoms. The van der Waals surface area contributed by atoms with E-state index in [1.54, 1.807) is 11.9 Å². The van der Waals surface area contributed by atoms with E-state index >= 15 is 0 Å². The lowest BCUT2D eigenvalue weighted by Gasteiger charge is -2.24. The Kier molecular flexibility index (Phi) is 5.18. The fourth-order valence-corrected chi connectivity index (χ4v) is 2.13. The number of hydrogen-bond donors (Lipinski definition) is 1. The first-order chi connectivity index (χ1) is 8.67. The van der Waals surface area contributed by atoms with E-state index in [0.717, 1.165) is 17.9 Å². The van der Waals surface area contributed by atoms with Crippen molar-refractivity contribution in [3.05, 3.63) is 23.7 Å². The van der Waals surface area contributed by atoms with E-state index < -0.39 is 0 Å². The largest absolute Gasteiger partial charge is 0.464 e. The van der Waals surface area contributed by atoms with Crippen molar-refractivity contribution in [1.82, 2.24) is 4.90 Å². The summed E-state index contributed by atoms with van der Waals surface area (Å²) in [4.78, 5) is 13.7. The van der Waals surface area contributed by atoms with Gasteiger partial charge in [-0.1, -0.05) is 20.8 Å². The van der Waals surface area contributed by atoms with Crippen LogP contribution in [0, 0.1) is 12.3 Å². The van der Waals surface area contributed by atoms with Crippen LogP contribution in [0.5, 0.6) is 0 Å². The van der Waals surface area contributed by atoms with Crippen LogP contribution in [0.15, 0.2) is 16.5 Å². The second-order valence-corrected chi connectivity index (χ2v) is 6.49. The molecule has 1 amide bonds. The SMILES string of the molecule is Cc1ccc(CN(C)C(=O)CC(N)CC(C)(C)C)o1. The molecule has 0 bridgehead atoms. The van der Waals surface area contributed by atoms with Crippen molar-refractivity contribution in [3.63, 3.8) is 0 Å². The maximum Gasteiger partial charge on any atom is 0.224 e. The van der Waals surface area contributed by atoms with Gasteiger partial charge >= 0.3 is 0 Å². The van der Waals surface area contributed by atoms with Crippen LogP contribution < -0.4 is 5.73 Å². The van der Waals surface area contributed by atoms with Crippen LogP contribution in [0.4, 0.5) is 0 Å². The Morgan fingerprint density at radius 2 is 2.05 bits per heavy atom. The lowest BCUT2D eigenvalue weighted by atomic mass is 9.87. The summed E-state index contributed by atoms with van der Waals surface area (Å²) in [6.45, 7) is 8.78. The predicted octanol–water partition coefficient (Wildman–Crippen LogP) is 2.70. The summed E-state index contributed by atoms with van der Waals surface area (Å²) in [5.41, 5.74) is 6.17. The topological polar surface area (TPSA) is 59.5 Å². The summed E-state index contributed by atoms with van der Waals surface area (Å²) in [7, 11) is 1.78. The minimum Gasteiger partial charge on any atom is -0.464 e. The van der Waals surface area contributed by atoms with Crippen molar-refractivity contribution in [3.8, 4) is 0 Å². The van der Waals surface area contributed by atoms with Crippen LogP contribution >= 0.6 is 0 Å². The zero-order valence-corrected chi connectivity index (χ0v) is 12.7. The molecule has 4 heteroatoms. The van der Waals surface area contributed by atoms with Crippen LogP contribution in [0.25, 0.3) is 0 Å². The first-order valence-electron chi connectivity index (χ1n) is 6.72. The number of aryl methyl sites for hydroxylation is 1. The second-order valence-electron chi connectivity index (χ2n) is 6.49. The van der Waals surface area contributed by atoms with Gasteiger partial charge in [0.05, 0.1) is 6.54 Å². The molecule has 0 aliphatic heterocycles. The molecular formula is C15H26N2O2. The number of nitrogens with two attached hydrogens (primary N) is 1. The molecule has 2 N–H and O–H groups in total. The summed E-state index contributed by atoms with van der Waals surface area (Å²) in [6.07, 6.45) is 1.22. The Morgan fingerprint density at radius 1 is 1.42 bits per heavy atom. The molecule has 1 unspecified atom stereocenters. The van der Waals surface area contributed by atoms with Gasteiger partial charge in [-0.3, -0.25) is 4.79 Å². The van der Waals surface area contributed by atoms with Crippen LogP contribution in [-0.2, 0) is 11.3 Å². The number of furan rings is 1. The summed E-state index contributed by atoms with van der Waals surface area (Å²) in [6, 6.07) is 3.71. The Hall–Kier alpha value is -1.29. The van der Waals surface area contributed by atoms with Crippen molar-refractivity contribution in [2.75, 3.05) is 7.05 Å². The minimum absolute atomic E-state index is 0.0609. The molecule has 1 aromatic rings. The van der Waals surface area contributed by atoms with Crippen molar-refractivity contribution in [1.29, 1.82) is 0 Å². The summed E-state index contributed by atoms with van der Waals surface area (Å²) in [5, 5.41) is 0. The van der Waals surface area contributed by atoms with E-state index in [9.17, 15) is 4.79 Å². The summed E-state index contributed by atoms with van der Waals surface area (Å²) in [5.74, 6) is 1.73. The van der Waals surface area contributed by atoms with Gasteiger partial charge in [0.2, 0.25) is 5.91 Å². The monoisotopic (exact) mass is 266 g/mol. The number of rotatable bonds is 5. The summed E-state index contributed by atoms with van der Waals surface area (Å²) >= 11 is 0. The number of carbonyl (C=O) groups is 1. The maximum absolute atomic E-state index is 12.1. The molecule has 108 valence electrons. The van der Waals surface area contributed by atoms with Crippen LogP contribution in [0.1, 0.15) is 45.1 Å². The summed E-state index contributed by atoms with van der Waals surface area (Å²) < 4.78 is 5.46. The Morgan fingerprint density at radius 3 is 2.53 bits per heavy atom. The molecule has 0 saturated heterocycles. The first kappa shape index (κ1) is 15.8. The maximum atomic E-state index is 12.1. The van der Waals surface area contributed by atoms with Gasteiger partial charge in [-0.25, -0.2) is 0 Å². The van der Waals surface area contributed by atoms with Gasteiger partial charge < -0.3 is 15.1 Å². The average molecular weight is 266 g/mol. The van der Waals surface area contributed by atoms with Crippen molar-refractivity contribution >= 4 is 5.91 Å². The van der Waals surface area contributed by atoms with E-state index in [1.165, 1.54) is 0 Å². The predicted molar refractivity (Wildman–Crippen MR) is 76.6 cm³/mol. The second kappa shape index (κ2) is 6.24. The molecule has 0 radical (unpaired) electrons. The molecule has 1 atom stereocenters. The molecule has 1 aromatic heterocycles. The van der Waals surface area contributed by atoms with Gasteiger partial charge in [-0.2, -0.15) is 0 Å². The number of hydrogen-bond acceptors (Lipinski definition) is 3. The Labute approximate surface area is 116 Å². The normalized spacial score (nSPS) is 13.4. The molecular weight excluding hydrogens is 240 g/mol. The van der Waals surface area contributed by atoms with E-state index in [1.807, 2.05) is 19.1 Å². The molecule has 0 aliphatic rings. The van der Waals surface area contributed by atoms with Crippen LogP contribution in [0.3, 0.4) is 0 Å². The van der Waals surface area contributed by atoms with Gasteiger partial charge in [-0.15, -0.1) is 0 Å². The molecule has 19 heavy (non-hydrogen) atoms. The fourth-order valence-electron chi connectivity index (χ4n) is 2.13. The third-order valence-corrected chi connectivity index (χ3v) is 2.93. The molecule has 1 rings (SSSR count). The fraction of sp³-hybridized carbons (Fsp3) is 0.667. The zero-order valence-electron chi connectivity index (χ0n) is 12.7. The molecule has 0 aromatic carbocycles. The smallest absolute Gasteiger partial charge is 0.224 e. The van der Waals surface area contributed by atoms with E-state index in [4.69, 9.17) is 10.2 Å². The number of amides is 1. The lowest BCUT2D eigenvalue weighted by Crippen LogP contribution is -2.35. The quantitative estimate of drug-likeness (QED) is 0.891. The molecule has 1 heterocycles. The van der Waals surface area contributed by atoms with Gasteiger partial charge in [0.25, 0.3) is 0 Å². The molecule has 0 saturated carbocycles.